The quantitative estimate of drug-likeness (QED) is 0.887. The summed E-state index contributed by atoms with van der Waals surface area (Å²) in [5, 5.41) is 3.41. The van der Waals surface area contributed by atoms with Crippen LogP contribution < -0.4 is 5.32 Å². The van der Waals surface area contributed by atoms with Crippen molar-refractivity contribution in [3.63, 3.8) is 0 Å². The molecule has 0 spiro atoms. The summed E-state index contributed by atoms with van der Waals surface area (Å²) in [6.07, 6.45) is 0. The average Bonchev–Trinajstić information content (AvgIpc) is 2.36. The van der Waals surface area contributed by atoms with Gasteiger partial charge in [0.15, 0.2) is 0 Å². The third-order valence-corrected chi connectivity index (χ3v) is 3.97. The highest BCUT2D eigenvalue weighted by Crippen LogP contribution is 2.30. The van der Waals surface area contributed by atoms with Crippen molar-refractivity contribution in [3.05, 3.63) is 69.2 Å². The van der Waals surface area contributed by atoms with Gasteiger partial charge in [-0.3, -0.25) is 0 Å². The molecule has 0 aromatic heterocycles. The highest BCUT2D eigenvalue weighted by molar-refractivity contribution is 9.10. The Morgan fingerprint density at radius 1 is 1.00 bits per heavy atom. The lowest BCUT2D eigenvalue weighted by Crippen LogP contribution is -2.19. The maximum atomic E-state index is 3.65. The number of benzene rings is 2. The molecule has 0 heterocycles. The third-order valence-electron chi connectivity index (χ3n) is 3.25. The fourth-order valence-corrected chi connectivity index (χ4v) is 2.75. The summed E-state index contributed by atoms with van der Waals surface area (Å²) in [6.45, 7) is 4.28. The van der Waals surface area contributed by atoms with Crippen LogP contribution in [0.4, 0.5) is 0 Å². The molecule has 94 valence electrons. The van der Waals surface area contributed by atoms with Crippen LogP contribution in [0.1, 0.15) is 28.3 Å². The molecule has 0 aliphatic heterocycles. The predicted molar refractivity (Wildman–Crippen MR) is 81.0 cm³/mol. The largest absolute Gasteiger partial charge is 0.309 e. The second kappa shape index (κ2) is 5.68. The molecule has 0 aliphatic carbocycles. The van der Waals surface area contributed by atoms with Gasteiger partial charge in [0, 0.05) is 4.47 Å². The summed E-state index contributed by atoms with van der Waals surface area (Å²) in [6, 6.07) is 15.2. The summed E-state index contributed by atoms with van der Waals surface area (Å²) < 4.78 is 1.15. The highest BCUT2D eigenvalue weighted by atomic mass is 79.9. The van der Waals surface area contributed by atoms with Gasteiger partial charge in [-0.1, -0.05) is 57.9 Å². The minimum Gasteiger partial charge on any atom is -0.309 e. The average molecular weight is 304 g/mol. The number of nitrogens with one attached hydrogen (secondary N) is 1. The molecule has 0 saturated heterocycles. The van der Waals surface area contributed by atoms with Crippen LogP contribution in [0.25, 0.3) is 0 Å². The third kappa shape index (κ3) is 2.65. The molecule has 0 saturated carbocycles. The van der Waals surface area contributed by atoms with Gasteiger partial charge in [0.25, 0.3) is 0 Å². The first kappa shape index (κ1) is 13.3. The molecule has 0 amide bonds. The molecule has 18 heavy (non-hydrogen) atoms. The monoisotopic (exact) mass is 303 g/mol. The van der Waals surface area contributed by atoms with Gasteiger partial charge in [-0.25, -0.2) is 0 Å². The van der Waals surface area contributed by atoms with Crippen molar-refractivity contribution in [2.24, 2.45) is 0 Å². The van der Waals surface area contributed by atoms with E-state index in [9.17, 15) is 0 Å². The second-order valence-electron chi connectivity index (χ2n) is 4.60. The van der Waals surface area contributed by atoms with Crippen molar-refractivity contribution >= 4 is 15.9 Å². The van der Waals surface area contributed by atoms with E-state index in [1.165, 1.54) is 22.3 Å². The van der Waals surface area contributed by atoms with Gasteiger partial charge in [0.05, 0.1) is 6.04 Å². The van der Waals surface area contributed by atoms with Crippen LogP contribution in [0.5, 0.6) is 0 Å². The van der Waals surface area contributed by atoms with Crippen molar-refractivity contribution in [2.45, 2.75) is 19.9 Å². The van der Waals surface area contributed by atoms with E-state index in [0.717, 1.165) is 4.47 Å². The lowest BCUT2D eigenvalue weighted by Gasteiger charge is -2.21. The minimum atomic E-state index is 0.223. The Morgan fingerprint density at radius 3 is 2.39 bits per heavy atom. The first-order valence-electron chi connectivity index (χ1n) is 6.12. The van der Waals surface area contributed by atoms with Crippen LogP contribution >= 0.6 is 15.9 Å². The Hall–Kier alpha value is -1.12. The molecule has 1 atom stereocenters. The zero-order valence-electron chi connectivity index (χ0n) is 11.0. The Balaban J connectivity index is 2.52. The molecule has 2 heteroatoms. The number of halogens is 1. The summed E-state index contributed by atoms with van der Waals surface area (Å²) in [5.74, 6) is 0. The Bertz CT molecular complexity index is 549. The summed E-state index contributed by atoms with van der Waals surface area (Å²) >= 11 is 3.65. The smallest absolute Gasteiger partial charge is 0.0588 e. The van der Waals surface area contributed by atoms with Gasteiger partial charge in [0.2, 0.25) is 0 Å². The van der Waals surface area contributed by atoms with E-state index in [4.69, 9.17) is 0 Å². The maximum absolute atomic E-state index is 3.65. The number of rotatable bonds is 3. The molecule has 2 rings (SSSR count). The SMILES string of the molecule is CNC(c1ccccc1C)c1cc(C)ccc1Br. The number of hydrogen-bond donors (Lipinski definition) is 1. The fourth-order valence-electron chi connectivity index (χ4n) is 2.27. The predicted octanol–water partition coefficient (Wildman–Crippen LogP) is 4.37. The first-order valence-corrected chi connectivity index (χ1v) is 6.91. The van der Waals surface area contributed by atoms with Crippen LogP contribution in [-0.4, -0.2) is 7.05 Å². The zero-order chi connectivity index (χ0) is 13.1. The molecule has 0 radical (unpaired) electrons. The molecule has 2 aromatic carbocycles. The Kier molecular flexibility index (Phi) is 4.20. The van der Waals surface area contributed by atoms with Gasteiger partial charge < -0.3 is 5.32 Å². The lowest BCUT2D eigenvalue weighted by molar-refractivity contribution is 0.684. The first-order chi connectivity index (χ1) is 8.63. The van der Waals surface area contributed by atoms with E-state index in [2.05, 4.69) is 77.6 Å². The van der Waals surface area contributed by atoms with E-state index < -0.39 is 0 Å². The van der Waals surface area contributed by atoms with Crippen molar-refractivity contribution in [1.82, 2.24) is 5.32 Å². The van der Waals surface area contributed by atoms with Gasteiger partial charge in [-0.15, -0.1) is 0 Å². The molecule has 1 unspecified atom stereocenters. The van der Waals surface area contributed by atoms with E-state index in [0.29, 0.717) is 0 Å². The Labute approximate surface area is 117 Å². The molecule has 1 N–H and O–H groups in total. The topological polar surface area (TPSA) is 12.0 Å². The van der Waals surface area contributed by atoms with Gasteiger partial charge in [0.1, 0.15) is 0 Å². The molecule has 0 bridgehead atoms. The molecule has 1 nitrogen and oxygen atoms in total. The highest BCUT2D eigenvalue weighted by Gasteiger charge is 2.16. The summed E-state index contributed by atoms with van der Waals surface area (Å²) in [4.78, 5) is 0. The van der Waals surface area contributed by atoms with Crippen molar-refractivity contribution in [3.8, 4) is 0 Å². The fraction of sp³-hybridized carbons (Fsp3) is 0.250. The minimum absolute atomic E-state index is 0.223. The van der Waals surface area contributed by atoms with Crippen molar-refractivity contribution < 1.29 is 0 Å². The normalized spacial score (nSPS) is 12.4. The molecular weight excluding hydrogens is 286 g/mol. The maximum Gasteiger partial charge on any atom is 0.0588 e. The van der Waals surface area contributed by atoms with Crippen LogP contribution in [-0.2, 0) is 0 Å². The van der Waals surface area contributed by atoms with E-state index in [1.54, 1.807) is 0 Å². The number of aryl methyl sites for hydroxylation is 2. The molecular formula is C16H18BrN. The Morgan fingerprint density at radius 2 is 1.72 bits per heavy atom. The van der Waals surface area contributed by atoms with Crippen molar-refractivity contribution in [1.29, 1.82) is 0 Å². The molecule has 2 aromatic rings. The van der Waals surface area contributed by atoms with E-state index >= 15 is 0 Å². The standard InChI is InChI=1S/C16H18BrN/c1-11-8-9-15(17)14(10-11)16(18-3)13-7-5-4-6-12(13)2/h4-10,16,18H,1-3H3. The van der Waals surface area contributed by atoms with Crippen molar-refractivity contribution in [2.75, 3.05) is 7.05 Å². The van der Waals surface area contributed by atoms with Gasteiger partial charge in [-0.05, 0) is 43.7 Å². The lowest BCUT2D eigenvalue weighted by atomic mass is 9.94. The van der Waals surface area contributed by atoms with Gasteiger partial charge >= 0.3 is 0 Å². The zero-order valence-corrected chi connectivity index (χ0v) is 12.6. The molecule has 0 fully saturated rings. The van der Waals surface area contributed by atoms with Gasteiger partial charge in [-0.2, -0.15) is 0 Å². The summed E-state index contributed by atoms with van der Waals surface area (Å²) in [7, 11) is 2.01. The van der Waals surface area contributed by atoms with Crippen LogP contribution in [0.15, 0.2) is 46.9 Å². The second-order valence-corrected chi connectivity index (χ2v) is 5.46. The van der Waals surface area contributed by atoms with Crippen LogP contribution in [0.3, 0.4) is 0 Å². The molecule has 0 aliphatic rings. The summed E-state index contributed by atoms with van der Waals surface area (Å²) in [5.41, 5.74) is 5.20. The van der Waals surface area contributed by atoms with Crippen LogP contribution in [0, 0.1) is 13.8 Å². The van der Waals surface area contributed by atoms with E-state index in [-0.39, 0.29) is 6.04 Å². The van der Waals surface area contributed by atoms with Crippen LogP contribution in [0.2, 0.25) is 0 Å². The van der Waals surface area contributed by atoms with E-state index in [1.807, 2.05) is 7.05 Å². The number of hydrogen-bond acceptors (Lipinski definition) is 1.